The first-order valence-electron chi connectivity index (χ1n) is 9.10. The number of carbonyl (C=O) groups is 2. The summed E-state index contributed by atoms with van der Waals surface area (Å²) < 4.78 is 10.6. The number of urea groups is 1. The van der Waals surface area contributed by atoms with Gasteiger partial charge in [0.15, 0.2) is 0 Å². The van der Waals surface area contributed by atoms with Gasteiger partial charge in [-0.15, -0.1) is 0 Å². The Morgan fingerprint density at radius 2 is 1.81 bits per heavy atom. The molecule has 1 aliphatic rings. The summed E-state index contributed by atoms with van der Waals surface area (Å²) in [6.45, 7) is 5.12. The van der Waals surface area contributed by atoms with Gasteiger partial charge in [0, 0.05) is 38.3 Å². The maximum Gasteiger partial charge on any atom is 0.317 e. The molecular weight excluding hydrogens is 334 g/mol. The number of rotatable bonds is 6. The summed E-state index contributed by atoms with van der Waals surface area (Å²) in [6.07, 6.45) is 1.94. The van der Waals surface area contributed by atoms with E-state index in [0.717, 1.165) is 18.4 Å². The Morgan fingerprint density at radius 3 is 2.50 bits per heavy atom. The van der Waals surface area contributed by atoms with Crippen molar-refractivity contribution in [3.63, 3.8) is 0 Å². The molecule has 0 saturated carbocycles. The van der Waals surface area contributed by atoms with Crippen molar-refractivity contribution in [2.75, 3.05) is 46.9 Å². The van der Waals surface area contributed by atoms with E-state index >= 15 is 0 Å². The molecule has 0 aromatic heterocycles. The Morgan fingerprint density at radius 1 is 1.08 bits per heavy atom. The predicted molar refractivity (Wildman–Crippen MR) is 99.7 cm³/mol. The Balaban J connectivity index is 1.97. The molecule has 0 radical (unpaired) electrons. The van der Waals surface area contributed by atoms with E-state index < -0.39 is 0 Å². The van der Waals surface area contributed by atoms with Crippen molar-refractivity contribution in [2.45, 2.75) is 26.2 Å². The molecule has 3 amide bonds. The molecule has 1 aromatic carbocycles. The monoisotopic (exact) mass is 363 g/mol. The van der Waals surface area contributed by atoms with Crippen LogP contribution < -0.4 is 14.8 Å². The van der Waals surface area contributed by atoms with Crippen molar-refractivity contribution >= 4 is 11.9 Å². The Bertz CT molecular complexity index is 621. The molecule has 7 nitrogen and oxygen atoms in total. The Hall–Kier alpha value is -2.44. The number of carbonyl (C=O) groups excluding carboxylic acids is 2. The van der Waals surface area contributed by atoms with Crippen molar-refractivity contribution in [1.82, 2.24) is 15.1 Å². The Labute approximate surface area is 155 Å². The van der Waals surface area contributed by atoms with Gasteiger partial charge in [0.1, 0.15) is 11.5 Å². The summed E-state index contributed by atoms with van der Waals surface area (Å²) in [7, 11) is 3.19. The maximum atomic E-state index is 12.7. The SMILES string of the molecule is CCCNC(=O)N1CCCN(C(=O)Cc2cc(OC)ccc2OC)CC1. The molecule has 0 spiro atoms. The smallest absolute Gasteiger partial charge is 0.317 e. The normalized spacial score (nSPS) is 14.6. The molecule has 1 fully saturated rings. The number of hydrogen-bond acceptors (Lipinski definition) is 4. The highest BCUT2D eigenvalue weighted by atomic mass is 16.5. The lowest BCUT2D eigenvalue weighted by atomic mass is 10.1. The lowest BCUT2D eigenvalue weighted by molar-refractivity contribution is -0.130. The van der Waals surface area contributed by atoms with Crippen molar-refractivity contribution < 1.29 is 19.1 Å². The van der Waals surface area contributed by atoms with Crippen LogP contribution in [0.5, 0.6) is 11.5 Å². The maximum absolute atomic E-state index is 12.7. The third kappa shape index (κ3) is 5.28. The van der Waals surface area contributed by atoms with Crippen LogP contribution in [0.15, 0.2) is 18.2 Å². The molecule has 7 heteroatoms. The van der Waals surface area contributed by atoms with Crippen molar-refractivity contribution in [3.05, 3.63) is 23.8 Å². The fourth-order valence-corrected chi connectivity index (χ4v) is 3.01. The van der Waals surface area contributed by atoms with Gasteiger partial charge < -0.3 is 24.6 Å². The highest BCUT2D eigenvalue weighted by Crippen LogP contribution is 2.25. The van der Waals surface area contributed by atoms with E-state index in [2.05, 4.69) is 5.32 Å². The van der Waals surface area contributed by atoms with E-state index in [1.54, 1.807) is 19.1 Å². The van der Waals surface area contributed by atoms with E-state index in [-0.39, 0.29) is 18.4 Å². The van der Waals surface area contributed by atoms with Crippen molar-refractivity contribution in [2.24, 2.45) is 0 Å². The molecule has 0 bridgehead atoms. The van der Waals surface area contributed by atoms with Crippen LogP contribution in [0.4, 0.5) is 4.79 Å². The van der Waals surface area contributed by atoms with E-state index in [1.807, 2.05) is 30.0 Å². The van der Waals surface area contributed by atoms with Crippen LogP contribution in [-0.4, -0.2) is 68.7 Å². The average Bonchev–Trinajstić information content (AvgIpc) is 2.92. The minimum atomic E-state index is -0.0457. The number of hydrogen-bond donors (Lipinski definition) is 1. The fraction of sp³-hybridized carbons (Fsp3) is 0.579. The fourth-order valence-electron chi connectivity index (χ4n) is 3.01. The van der Waals surface area contributed by atoms with Crippen LogP contribution >= 0.6 is 0 Å². The van der Waals surface area contributed by atoms with Gasteiger partial charge in [0.2, 0.25) is 5.91 Å². The summed E-state index contributed by atoms with van der Waals surface area (Å²) in [6, 6.07) is 5.41. The van der Waals surface area contributed by atoms with E-state index in [4.69, 9.17) is 9.47 Å². The van der Waals surface area contributed by atoms with Crippen LogP contribution in [0.3, 0.4) is 0 Å². The molecule has 1 aromatic rings. The zero-order valence-corrected chi connectivity index (χ0v) is 15.9. The molecule has 0 unspecified atom stereocenters. The molecule has 0 aliphatic carbocycles. The van der Waals surface area contributed by atoms with Crippen molar-refractivity contribution in [1.29, 1.82) is 0 Å². The zero-order valence-electron chi connectivity index (χ0n) is 15.9. The summed E-state index contributed by atoms with van der Waals surface area (Å²) in [4.78, 5) is 28.5. The van der Waals surface area contributed by atoms with Gasteiger partial charge in [-0.25, -0.2) is 4.79 Å². The third-order valence-electron chi connectivity index (χ3n) is 4.49. The first-order valence-corrected chi connectivity index (χ1v) is 9.10. The number of benzene rings is 1. The molecule has 1 heterocycles. The second-order valence-electron chi connectivity index (χ2n) is 6.31. The molecule has 0 atom stereocenters. The van der Waals surface area contributed by atoms with Crippen molar-refractivity contribution in [3.8, 4) is 11.5 Å². The molecule has 1 saturated heterocycles. The van der Waals surface area contributed by atoms with E-state index in [1.165, 1.54) is 0 Å². The minimum Gasteiger partial charge on any atom is -0.497 e. The summed E-state index contributed by atoms with van der Waals surface area (Å²) in [5.74, 6) is 1.41. The molecule has 26 heavy (non-hydrogen) atoms. The summed E-state index contributed by atoms with van der Waals surface area (Å²) in [5, 5.41) is 2.89. The lowest BCUT2D eigenvalue weighted by Gasteiger charge is -2.23. The summed E-state index contributed by atoms with van der Waals surface area (Å²) >= 11 is 0. The Kier molecular flexibility index (Phi) is 7.56. The number of ether oxygens (including phenoxy) is 2. The second-order valence-corrected chi connectivity index (χ2v) is 6.31. The predicted octanol–water partition coefficient (Wildman–Crippen LogP) is 1.90. The third-order valence-corrected chi connectivity index (χ3v) is 4.49. The molecule has 1 N–H and O–H groups in total. The van der Waals surface area contributed by atoms with Crippen LogP contribution in [0.25, 0.3) is 0 Å². The molecule has 2 rings (SSSR count). The van der Waals surface area contributed by atoms with Crippen LogP contribution in [0.2, 0.25) is 0 Å². The van der Waals surface area contributed by atoms with Gasteiger partial charge in [-0.2, -0.15) is 0 Å². The highest BCUT2D eigenvalue weighted by Gasteiger charge is 2.22. The van der Waals surface area contributed by atoms with E-state index in [9.17, 15) is 9.59 Å². The number of nitrogens with one attached hydrogen (secondary N) is 1. The second kappa shape index (κ2) is 9.89. The largest absolute Gasteiger partial charge is 0.497 e. The van der Waals surface area contributed by atoms with Gasteiger partial charge in [0.05, 0.1) is 20.6 Å². The molecule has 1 aliphatic heterocycles. The summed E-state index contributed by atoms with van der Waals surface area (Å²) in [5.41, 5.74) is 0.804. The number of nitrogens with zero attached hydrogens (tertiary/aromatic N) is 2. The van der Waals surface area contributed by atoms with Gasteiger partial charge in [-0.3, -0.25) is 4.79 Å². The topological polar surface area (TPSA) is 71.1 Å². The zero-order chi connectivity index (χ0) is 18.9. The standard InChI is InChI=1S/C19H29N3O4/c1-4-8-20-19(24)22-10-5-9-21(11-12-22)18(23)14-15-13-16(25-2)6-7-17(15)26-3/h6-7,13H,4-5,8-12,14H2,1-3H3,(H,20,24). The van der Waals surface area contributed by atoms with Crippen LogP contribution in [-0.2, 0) is 11.2 Å². The number of methoxy groups -OCH3 is 2. The van der Waals surface area contributed by atoms with E-state index in [0.29, 0.717) is 44.2 Å². The van der Waals surface area contributed by atoms with Gasteiger partial charge in [-0.05, 0) is 31.0 Å². The quantitative estimate of drug-likeness (QED) is 0.838. The first kappa shape index (κ1) is 19.9. The van der Waals surface area contributed by atoms with Crippen LogP contribution in [0, 0.1) is 0 Å². The number of amides is 3. The molecular formula is C19H29N3O4. The highest BCUT2D eigenvalue weighted by molar-refractivity contribution is 5.80. The average molecular weight is 363 g/mol. The minimum absolute atomic E-state index is 0.0346. The van der Waals surface area contributed by atoms with Crippen LogP contribution in [0.1, 0.15) is 25.3 Å². The van der Waals surface area contributed by atoms with Gasteiger partial charge in [-0.1, -0.05) is 6.92 Å². The lowest BCUT2D eigenvalue weighted by Crippen LogP contribution is -2.43. The molecule has 144 valence electrons. The van der Waals surface area contributed by atoms with Gasteiger partial charge >= 0.3 is 6.03 Å². The first-order chi connectivity index (χ1) is 12.6. The van der Waals surface area contributed by atoms with Gasteiger partial charge in [0.25, 0.3) is 0 Å².